The summed E-state index contributed by atoms with van der Waals surface area (Å²) in [6.07, 6.45) is -0.320. The van der Waals surface area contributed by atoms with Gasteiger partial charge in [0.25, 0.3) is 0 Å². The Labute approximate surface area is 104 Å². The monoisotopic (exact) mass is 250 g/mol. The highest BCUT2D eigenvalue weighted by atomic mass is 16.4. The van der Waals surface area contributed by atoms with E-state index in [1.54, 1.807) is 18.2 Å². The fourth-order valence-corrected chi connectivity index (χ4v) is 1.32. The largest absolute Gasteiger partial charge is 0.480 e. The van der Waals surface area contributed by atoms with Gasteiger partial charge in [-0.15, -0.1) is 0 Å². The number of aliphatic carboxylic acids is 1. The lowest BCUT2D eigenvalue weighted by Gasteiger charge is -2.08. The zero-order valence-corrected chi connectivity index (χ0v) is 9.84. The fourth-order valence-electron chi connectivity index (χ4n) is 1.32. The molecule has 0 bridgehead atoms. The van der Waals surface area contributed by atoms with Gasteiger partial charge in [0.15, 0.2) is 5.78 Å². The van der Waals surface area contributed by atoms with E-state index in [1.807, 2.05) is 0 Å². The highest BCUT2D eigenvalue weighted by Gasteiger charge is 2.16. The lowest BCUT2D eigenvalue weighted by Crippen LogP contribution is -2.34. The average Bonchev–Trinajstić information content (AvgIpc) is 2.28. The number of ketones is 1. The molecule has 96 valence electrons. The first-order valence-electron chi connectivity index (χ1n) is 5.29. The van der Waals surface area contributed by atoms with Crippen LogP contribution in [0.2, 0.25) is 0 Å². The van der Waals surface area contributed by atoms with Gasteiger partial charge in [0.05, 0.1) is 6.42 Å². The molecule has 18 heavy (non-hydrogen) atoms. The summed E-state index contributed by atoms with van der Waals surface area (Å²) in [5.74, 6) is -1.86. The van der Waals surface area contributed by atoms with Crippen LogP contribution in [0.15, 0.2) is 24.3 Å². The first-order chi connectivity index (χ1) is 8.40. The van der Waals surface area contributed by atoms with Gasteiger partial charge in [-0.2, -0.15) is 0 Å². The summed E-state index contributed by atoms with van der Waals surface area (Å²) in [5, 5.41) is 11.1. The molecule has 0 fully saturated rings. The maximum atomic E-state index is 11.5. The molecule has 1 atom stereocenters. The van der Waals surface area contributed by atoms with Crippen LogP contribution in [0.5, 0.6) is 0 Å². The van der Waals surface area contributed by atoms with Crippen LogP contribution in [0.3, 0.4) is 0 Å². The van der Waals surface area contributed by atoms with E-state index in [-0.39, 0.29) is 12.2 Å². The van der Waals surface area contributed by atoms with Crippen molar-refractivity contribution in [3.8, 4) is 0 Å². The second-order valence-electron chi connectivity index (χ2n) is 3.83. The van der Waals surface area contributed by atoms with Gasteiger partial charge in [0.1, 0.15) is 6.04 Å². The van der Waals surface area contributed by atoms with E-state index >= 15 is 0 Å². The van der Waals surface area contributed by atoms with Gasteiger partial charge >= 0.3 is 5.97 Å². The van der Waals surface area contributed by atoms with Crippen molar-refractivity contribution in [3.63, 3.8) is 0 Å². The number of benzene rings is 1. The molecule has 0 heterocycles. The van der Waals surface area contributed by atoms with Crippen molar-refractivity contribution in [2.75, 3.05) is 5.32 Å². The normalized spacial score (nSPS) is 11.7. The average molecular weight is 250 g/mol. The first-order valence-corrected chi connectivity index (χ1v) is 5.29. The number of carbonyl (C=O) groups is 3. The Balaban J connectivity index is 2.67. The molecule has 0 spiro atoms. The number of carboxylic acids is 1. The zero-order valence-electron chi connectivity index (χ0n) is 9.84. The number of hydrogen-bond acceptors (Lipinski definition) is 4. The molecule has 6 heteroatoms. The first kappa shape index (κ1) is 13.9. The minimum atomic E-state index is -1.24. The second kappa shape index (κ2) is 5.92. The van der Waals surface area contributed by atoms with Crippen LogP contribution in [0, 0.1) is 0 Å². The third kappa shape index (κ3) is 3.99. The van der Waals surface area contributed by atoms with Crippen LogP contribution in [-0.2, 0) is 9.59 Å². The molecule has 0 aliphatic rings. The maximum Gasteiger partial charge on any atom is 0.321 e. The number of carboxylic acid groups (broad SMARTS) is 1. The molecule has 1 unspecified atom stereocenters. The summed E-state index contributed by atoms with van der Waals surface area (Å²) in [7, 11) is 0. The highest BCUT2D eigenvalue weighted by Crippen LogP contribution is 2.11. The predicted molar refractivity (Wildman–Crippen MR) is 65.3 cm³/mol. The minimum absolute atomic E-state index is 0.117. The SMILES string of the molecule is CC(=O)c1cccc(NC(=O)CC(N)C(=O)O)c1. The third-order valence-electron chi connectivity index (χ3n) is 2.28. The summed E-state index contributed by atoms with van der Waals surface area (Å²) in [6, 6.07) is 5.15. The molecule has 4 N–H and O–H groups in total. The fraction of sp³-hybridized carbons (Fsp3) is 0.250. The van der Waals surface area contributed by atoms with Crippen LogP contribution in [0.4, 0.5) is 5.69 Å². The number of hydrogen-bond donors (Lipinski definition) is 3. The van der Waals surface area contributed by atoms with Crippen molar-refractivity contribution < 1.29 is 19.5 Å². The van der Waals surface area contributed by atoms with Gasteiger partial charge in [0, 0.05) is 11.3 Å². The summed E-state index contributed by atoms with van der Waals surface area (Å²) in [6.45, 7) is 1.42. The van der Waals surface area contributed by atoms with E-state index in [2.05, 4.69) is 5.32 Å². The minimum Gasteiger partial charge on any atom is -0.480 e. The molecule has 1 rings (SSSR count). The summed E-state index contributed by atoms with van der Waals surface area (Å²) in [5.41, 5.74) is 6.14. The predicted octanol–water partition coefficient (Wildman–Crippen LogP) is 0.630. The van der Waals surface area contributed by atoms with Crippen molar-refractivity contribution in [1.82, 2.24) is 0 Å². The number of rotatable bonds is 5. The van der Waals surface area contributed by atoms with Crippen molar-refractivity contribution in [1.29, 1.82) is 0 Å². The molecule has 0 radical (unpaired) electrons. The summed E-state index contributed by atoms with van der Waals surface area (Å²) >= 11 is 0. The summed E-state index contributed by atoms with van der Waals surface area (Å²) < 4.78 is 0. The molecule has 0 saturated heterocycles. The molecule has 0 saturated carbocycles. The molecule has 1 amide bonds. The molecule has 6 nitrogen and oxygen atoms in total. The molecular weight excluding hydrogens is 236 g/mol. The van der Waals surface area contributed by atoms with Crippen molar-refractivity contribution >= 4 is 23.3 Å². The van der Waals surface area contributed by atoms with Gasteiger partial charge < -0.3 is 16.2 Å². The Morgan fingerprint density at radius 2 is 2.06 bits per heavy atom. The Bertz CT molecular complexity index is 485. The van der Waals surface area contributed by atoms with Gasteiger partial charge in [-0.05, 0) is 19.1 Å². The Morgan fingerprint density at radius 3 is 2.61 bits per heavy atom. The Morgan fingerprint density at radius 1 is 1.39 bits per heavy atom. The number of anilines is 1. The van der Waals surface area contributed by atoms with E-state index in [9.17, 15) is 14.4 Å². The van der Waals surface area contributed by atoms with Gasteiger partial charge in [-0.25, -0.2) is 0 Å². The van der Waals surface area contributed by atoms with E-state index in [4.69, 9.17) is 10.8 Å². The van der Waals surface area contributed by atoms with Gasteiger partial charge in [-0.1, -0.05) is 12.1 Å². The lowest BCUT2D eigenvalue weighted by molar-refractivity contribution is -0.140. The Kier molecular flexibility index (Phi) is 4.56. The van der Waals surface area contributed by atoms with Crippen LogP contribution in [0.1, 0.15) is 23.7 Å². The maximum absolute atomic E-state index is 11.5. The molecule has 0 aliphatic heterocycles. The zero-order chi connectivity index (χ0) is 13.7. The molecule has 1 aromatic rings. The van der Waals surface area contributed by atoms with Crippen LogP contribution < -0.4 is 11.1 Å². The number of Topliss-reactive ketones (excluding diaryl/α,β-unsaturated/α-hetero) is 1. The summed E-state index contributed by atoms with van der Waals surface area (Å²) in [4.78, 5) is 33.1. The van der Waals surface area contributed by atoms with Crippen LogP contribution >= 0.6 is 0 Å². The third-order valence-corrected chi connectivity index (χ3v) is 2.28. The van der Waals surface area contributed by atoms with Crippen molar-refractivity contribution in [3.05, 3.63) is 29.8 Å². The standard InChI is InChI=1S/C12H14N2O4/c1-7(15)8-3-2-4-9(5-8)14-11(16)6-10(13)12(17)18/h2-5,10H,6,13H2,1H3,(H,14,16)(H,17,18). The molecule has 0 aromatic heterocycles. The number of nitrogens with two attached hydrogens (primary N) is 1. The second-order valence-corrected chi connectivity index (χ2v) is 3.83. The lowest BCUT2D eigenvalue weighted by atomic mass is 10.1. The van der Waals surface area contributed by atoms with Crippen molar-refractivity contribution in [2.45, 2.75) is 19.4 Å². The van der Waals surface area contributed by atoms with Gasteiger partial charge in [-0.3, -0.25) is 14.4 Å². The van der Waals surface area contributed by atoms with Crippen molar-refractivity contribution in [2.24, 2.45) is 5.73 Å². The van der Waals surface area contributed by atoms with Crippen LogP contribution in [0.25, 0.3) is 0 Å². The molecule has 0 aliphatic carbocycles. The Hall–Kier alpha value is -2.21. The molecular formula is C12H14N2O4. The van der Waals surface area contributed by atoms with E-state index in [0.717, 1.165) is 0 Å². The quantitative estimate of drug-likeness (QED) is 0.664. The van der Waals surface area contributed by atoms with Crippen LogP contribution in [-0.4, -0.2) is 28.8 Å². The topological polar surface area (TPSA) is 109 Å². The van der Waals surface area contributed by atoms with E-state index < -0.39 is 17.9 Å². The number of amides is 1. The van der Waals surface area contributed by atoms with Gasteiger partial charge in [0.2, 0.25) is 5.91 Å². The smallest absolute Gasteiger partial charge is 0.321 e. The van der Waals surface area contributed by atoms with E-state index in [1.165, 1.54) is 13.0 Å². The number of carbonyl (C=O) groups excluding carboxylic acids is 2. The molecule has 1 aromatic carbocycles. The van der Waals surface area contributed by atoms with E-state index in [0.29, 0.717) is 11.3 Å². The number of nitrogens with one attached hydrogen (secondary N) is 1. The highest BCUT2D eigenvalue weighted by molar-refractivity contribution is 5.97.